The first-order valence-electron chi connectivity index (χ1n) is 6.94. The molecule has 1 aromatic carbocycles. The van der Waals surface area contributed by atoms with E-state index in [2.05, 4.69) is 10.3 Å². The molecule has 3 aromatic rings. The molecule has 0 bridgehead atoms. The van der Waals surface area contributed by atoms with Crippen LogP contribution in [0.15, 0.2) is 47.2 Å². The van der Waals surface area contributed by atoms with Crippen molar-refractivity contribution in [2.45, 2.75) is 6.54 Å². The van der Waals surface area contributed by atoms with E-state index >= 15 is 0 Å². The molecule has 118 valence electrons. The van der Waals surface area contributed by atoms with Gasteiger partial charge in [0.1, 0.15) is 5.75 Å². The van der Waals surface area contributed by atoms with Crippen molar-refractivity contribution in [2.24, 2.45) is 0 Å². The van der Waals surface area contributed by atoms with Crippen molar-refractivity contribution in [1.29, 1.82) is 0 Å². The lowest BCUT2D eigenvalue weighted by molar-refractivity contribution is -0.123. The number of thiophene rings is 1. The summed E-state index contributed by atoms with van der Waals surface area (Å²) in [7, 11) is 0. The molecule has 0 saturated carbocycles. The minimum absolute atomic E-state index is 0.00483. The number of para-hydroxylation sites is 1. The Morgan fingerprint density at radius 3 is 2.78 bits per heavy atom. The number of ether oxygens (including phenoxy) is 1. The Morgan fingerprint density at radius 1 is 1.22 bits per heavy atom. The summed E-state index contributed by atoms with van der Waals surface area (Å²) in [5.41, 5.74) is 7.53. The summed E-state index contributed by atoms with van der Waals surface area (Å²) in [6.45, 7) is 0.478. The van der Waals surface area contributed by atoms with Crippen LogP contribution < -0.4 is 15.8 Å². The number of amides is 1. The van der Waals surface area contributed by atoms with Crippen LogP contribution >= 0.6 is 22.7 Å². The monoisotopic (exact) mass is 345 g/mol. The number of aromatic nitrogens is 1. The number of carbonyl (C=O) groups is 1. The van der Waals surface area contributed by atoms with Crippen LogP contribution in [0.3, 0.4) is 0 Å². The van der Waals surface area contributed by atoms with Crippen molar-refractivity contribution in [3.63, 3.8) is 0 Å². The second-order valence-corrected chi connectivity index (χ2v) is 6.64. The predicted octanol–water partition coefficient (Wildman–Crippen LogP) is 3.15. The summed E-state index contributed by atoms with van der Waals surface area (Å²) in [6, 6.07) is 11.3. The highest BCUT2D eigenvalue weighted by Gasteiger charge is 2.08. The van der Waals surface area contributed by atoms with Crippen LogP contribution in [0.4, 0.5) is 5.13 Å². The fourth-order valence-electron chi connectivity index (χ4n) is 1.93. The van der Waals surface area contributed by atoms with Gasteiger partial charge in [-0.3, -0.25) is 4.79 Å². The van der Waals surface area contributed by atoms with Crippen molar-refractivity contribution in [3.05, 3.63) is 52.0 Å². The second-order valence-electron chi connectivity index (χ2n) is 4.75. The SMILES string of the molecule is Nc1nc(-c2csc(CNC(=O)COc3ccccc3)c2)cs1. The van der Waals surface area contributed by atoms with Gasteiger partial charge in [0.15, 0.2) is 11.7 Å². The Labute approximate surface area is 141 Å². The Balaban J connectivity index is 1.48. The van der Waals surface area contributed by atoms with E-state index in [1.54, 1.807) is 11.3 Å². The van der Waals surface area contributed by atoms with Gasteiger partial charge in [-0.15, -0.1) is 22.7 Å². The lowest BCUT2D eigenvalue weighted by atomic mass is 10.2. The van der Waals surface area contributed by atoms with Gasteiger partial charge in [-0.25, -0.2) is 4.98 Å². The Kier molecular flexibility index (Phi) is 4.89. The highest BCUT2D eigenvalue weighted by atomic mass is 32.1. The number of nitrogens with two attached hydrogens (primary N) is 1. The predicted molar refractivity (Wildman–Crippen MR) is 93.6 cm³/mol. The maximum absolute atomic E-state index is 11.8. The van der Waals surface area contributed by atoms with E-state index in [1.165, 1.54) is 11.3 Å². The zero-order valence-electron chi connectivity index (χ0n) is 12.2. The zero-order valence-corrected chi connectivity index (χ0v) is 13.8. The van der Waals surface area contributed by atoms with Crippen LogP contribution in [0.2, 0.25) is 0 Å². The molecule has 0 aliphatic heterocycles. The zero-order chi connectivity index (χ0) is 16.1. The third-order valence-electron chi connectivity index (χ3n) is 3.04. The number of rotatable bonds is 6. The Morgan fingerprint density at radius 2 is 2.04 bits per heavy atom. The lowest BCUT2D eigenvalue weighted by Crippen LogP contribution is -2.28. The number of hydrogen-bond acceptors (Lipinski definition) is 6. The molecule has 3 N–H and O–H groups in total. The van der Waals surface area contributed by atoms with Crippen molar-refractivity contribution < 1.29 is 9.53 Å². The highest BCUT2D eigenvalue weighted by molar-refractivity contribution is 7.14. The van der Waals surface area contributed by atoms with Gasteiger partial charge in [0, 0.05) is 21.2 Å². The van der Waals surface area contributed by atoms with Gasteiger partial charge >= 0.3 is 0 Å². The molecule has 0 saturated heterocycles. The summed E-state index contributed by atoms with van der Waals surface area (Å²) >= 11 is 2.99. The summed E-state index contributed by atoms with van der Waals surface area (Å²) in [6.07, 6.45) is 0. The number of nitrogens with one attached hydrogen (secondary N) is 1. The van der Waals surface area contributed by atoms with Crippen LogP contribution in [-0.2, 0) is 11.3 Å². The molecule has 0 spiro atoms. The highest BCUT2D eigenvalue weighted by Crippen LogP contribution is 2.27. The average molecular weight is 345 g/mol. The largest absolute Gasteiger partial charge is 0.484 e. The molecule has 0 fully saturated rings. The fourth-order valence-corrected chi connectivity index (χ4v) is 3.32. The van der Waals surface area contributed by atoms with E-state index in [0.29, 0.717) is 17.4 Å². The summed E-state index contributed by atoms with van der Waals surface area (Å²) < 4.78 is 5.40. The van der Waals surface area contributed by atoms with Crippen molar-refractivity contribution in [2.75, 3.05) is 12.3 Å². The summed E-state index contributed by atoms with van der Waals surface area (Å²) in [4.78, 5) is 17.1. The van der Waals surface area contributed by atoms with Gasteiger partial charge in [-0.1, -0.05) is 18.2 Å². The van der Waals surface area contributed by atoms with Crippen molar-refractivity contribution in [3.8, 4) is 17.0 Å². The van der Waals surface area contributed by atoms with E-state index in [-0.39, 0.29) is 12.5 Å². The van der Waals surface area contributed by atoms with E-state index in [1.807, 2.05) is 47.2 Å². The molecular formula is C16H15N3O2S2. The summed E-state index contributed by atoms with van der Waals surface area (Å²) in [5.74, 6) is 0.531. The number of hydrogen-bond donors (Lipinski definition) is 2. The molecule has 0 aliphatic carbocycles. The normalized spacial score (nSPS) is 10.4. The van der Waals surface area contributed by atoms with Crippen LogP contribution in [0.25, 0.3) is 11.3 Å². The molecular weight excluding hydrogens is 330 g/mol. The molecule has 5 nitrogen and oxygen atoms in total. The topological polar surface area (TPSA) is 77.2 Å². The van der Waals surface area contributed by atoms with Crippen molar-refractivity contribution >= 4 is 33.7 Å². The van der Waals surface area contributed by atoms with Gasteiger partial charge in [0.25, 0.3) is 5.91 Å². The maximum Gasteiger partial charge on any atom is 0.258 e. The van der Waals surface area contributed by atoms with E-state index < -0.39 is 0 Å². The maximum atomic E-state index is 11.8. The minimum atomic E-state index is -0.151. The van der Waals surface area contributed by atoms with E-state index in [0.717, 1.165) is 16.1 Å². The molecule has 23 heavy (non-hydrogen) atoms. The summed E-state index contributed by atoms with van der Waals surface area (Å²) in [5, 5.41) is 7.33. The molecule has 2 aromatic heterocycles. The van der Waals surface area contributed by atoms with Crippen LogP contribution in [0, 0.1) is 0 Å². The number of benzene rings is 1. The number of nitrogens with zero attached hydrogens (tertiary/aromatic N) is 1. The second kappa shape index (κ2) is 7.26. The van der Waals surface area contributed by atoms with Gasteiger partial charge < -0.3 is 15.8 Å². The van der Waals surface area contributed by atoms with Gasteiger partial charge in [0.05, 0.1) is 12.2 Å². The van der Waals surface area contributed by atoms with Crippen LogP contribution in [-0.4, -0.2) is 17.5 Å². The molecule has 2 heterocycles. The molecule has 0 atom stereocenters. The minimum Gasteiger partial charge on any atom is -0.484 e. The Bertz CT molecular complexity index is 783. The van der Waals surface area contributed by atoms with E-state index in [4.69, 9.17) is 10.5 Å². The average Bonchev–Trinajstić information content (AvgIpc) is 3.20. The smallest absolute Gasteiger partial charge is 0.258 e. The number of nitrogen functional groups attached to an aromatic ring is 1. The van der Waals surface area contributed by atoms with Gasteiger partial charge in [-0.2, -0.15) is 0 Å². The number of anilines is 1. The van der Waals surface area contributed by atoms with Crippen molar-refractivity contribution in [1.82, 2.24) is 10.3 Å². The lowest BCUT2D eigenvalue weighted by Gasteiger charge is -2.06. The first-order valence-corrected chi connectivity index (χ1v) is 8.70. The first kappa shape index (κ1) is 15.5. The molecule has 0 radical (unpaired) electrons. The molecule has 7 heteroatoms. The number of thiazole rings is 1. The third kappa shape index (κ3) is 4.30. The van der Waals surface area contributed by atoms with Crippen LogP contribution in [0.5, 0.6) is 5.75 Å². The first-order chi connectivity index (χ1) is 11.2. The van der Waals surface area contributed by atoms with Gasteiger partial charge in [0.2, 0.25) is 0 Å². The number of carbonyl (C=O) groups excluding carboxylic acids is 1. The molecule has 0 unspecified atom stereocenters. The third-order valence-corrected chi connectivity index (χ3v) is 4.66. The quantitative estimate of drug-likeness (QED) is 0.719. The molecule has 3 rings (SSSR count). The van der Waals surface area contributed by atoms with Crippen LogP contribution in [0.1, 0.15) is 4.88 Å². The molecule has 0 aliphatic rings. The Hall–Kier alpha value is -2.38. The fraction of sp³-hybridized carbons (Fsp3) is 0.125. The van der Waals surface area contributed by atoms with Gasteiger partial charge in [-0.05, 0) is 18.2 Å². The molecule has 1 amide bonds. The standard InChI is InChI=1S/C16H15N3O2S2/c17-16-19-14(10-23-16)11-6-13(22-9-11)7-18-15(20)8-21-12-4-2-1-3-5-12/h1-6,9-10H,7-8H2,(H2,17,19)(H,18,20). The van der Waals surface area contributed by atoms with E-state index in [9.17, 15) is 4.79 Å².